The first-order chi connectivity index (χ1) is 7.04. The summed E-state index contributed by atoms with van der Waals surface area (Å²) in [5, 5.41) is 11.7. The van der Waals surface area contributed by atoms with Crippen molar-refractivity contribution in [1.29, 1.82) is 0 Å². The monoisotopic (exact) mass is 225 g/mol. The van der Waals surface area contributed by atoms with E-state index in [0.29, 0.717) is 25.8 Å². The molecule has 1 aliphatic rings. The van der Waals surface area contributed by atoms with Gasteiger partial charge in [0.25, 0.3) is 0 Å². The van der Waals surface area contributed by atoms with Gasteiger partial charge in [0.15, 0.2) is 0 Å². The van der Waals surface area contributed by atoms with Gasteiger partial charge < -0.3 is 10.4 Å². The van der Waals surface area contributed by atoms with Crippen LogP contribution in [0.15, 0.2) is 0 Å². The van der Waals surface area contributed by atoms with Crippen molar-refractivity contribution < 1.29 is 18.3 Å². The molecule has 0 bridgehead atoms. The second kappa shape index (κ2) is 5.70. The summed E-state index contributed by atoms with van der Waals surface area (Å²) in [7, 11) is 0. The zero-order valence-corrected chi connectivity index (χ0v) is 8.69. The van der Waals surface area contributed by atoms with Crippen LogP contribution in [0.1, 0.15) is 32.1 Å². The molecule has 0 radical (unpaired) electrons. The fourth-order valence-electron chi connectivity index (χ4n) is 2.01. The number of alkyl halides is 3. The molecule has 2 N–H and O–H groups in total. The van der Waals surface area contributed by atoms with Crippen LogP contribution in [0.25, 0.3) is 0 Å². The van der Waals surface area contributed by atoms with Crippen molar-refractivity contribution >= 4 is 0 Å². The lowest BCUT2D eigenvalue weighted by molar-refractivity contribution is -0.182. The van der Waals surface area contributed by atoms with E-state index in [1.54, 1.807) is 0 Å². The summed E-state index contributed by atoms with van der Waals surface area (Å²) >= 11 is 0. The van der Waals surface area contributed by atoms with Gasteiger partial charge in [0.1, 0.15) is 0 Å². The highest BCUT2D eigenvalue weighted by Gasteiger charge is 2.41. The number of nitrogens with one attached hydrogen (secondary N) is 1. The van der Waals surface area contributed by atoms with Crippen LogP contribution in [0.5, 0.6) is 0 Å². The molecule has 1 rings (SSSR count). The second-order valence-corrected chi connectivity index (χ2v) is 4.12. The highest BCUT2D eigenvalue weighted by atomic mass is 19.4. The van der Waals surface area contributed by atoms with Gasteiger partial charge in [-0.2, -0.15) is 13.2 Å². The van der Waals surface area contributed by atoms with Gasteiger partial charge in [-0.15, -0.1) is 0 Å². The van der Waals surface area contributed by atoms with Crippen LogP contribution in [0.3, 0.4) is 0 Å². The van der Waals surface area contributed by atoms with Crippen LogP contribution in [-0.2, 0) is 0 Å². The molecule has 0 heterocycles. The average Bonchev–Trinajstić information content (AvgIpc) is 2.18. The predicted octanol–water partition coefficient (Wildman–Crippen LogP) is 2.08. The molecule has 15 heavy (non-hydrogen) atoms. The molecular weight excluding hydrogens is 207 g/mol. The van der Waals surface area contributed by atoms with E-state index in [2.05, 4.69) is 5.32 Å². The van der Waals surface area contributed by atoms with Crippen molar-refractivity contribution in [2.75, 3.05) is 13.2 Å². The summed E-state index contributed by atoms with van der Waals surface area (Å²) in [6.07, 6.45) is -1.69. The SMILES string of the molecule is OCCCNC1CCC(C(F)(F)F)CC1. The largest absolute Gasteiger partial charge is 0.396 e. The van der Waals surface area contributed by atoms with Crippen LogP contribution in [-0.4, -0.2) is 30.5 Å². The molecule has 0 atom stereocenters. The van der Waals surface area contributed by atoms with E-state index in [0.717, 1.165) is 0 Å². The molecule has 0 amide bonds. The Balaban J connectivity index is 2.18. The van der Waals surface area contributed by atoms with Gasteiger partial charge in [-0.1, -0.05) is 0 Å². The van der Waals surface area contributed by atoms with Gasteiger partial charge in [0.05, 0.1) is 5.92 Å². The normalized spacial score (nSPS) is 28.0. The number of aliphatic hydroxyl groups excluding tert-OH is 1. The predicted molar refractivity (Wildman–Crippen MR) is 51.5 cm³/mol. The van der Waals surface area contributed by atoms with Crippen molar-refractivity contribution in [2.45, 2.75) is 44.3 Å². The van der Waals surface area contributed by atoms with Crippen molar-refractivity contribution in [3.8, 4) is 0 Å². The zero-order chi connectivity index (χ0) is 11.3. The van der Waals surface area contributed by atoms with Gasteiger partial charge >= 0.3 is 6.18 Å². The highest BCUT2D eigenvalue weighted by molar-refractivity contribution is 4.80. The lowest BCUT2D eigenvalue weighted by Crippen LogP contribution is -2.37. The lowest BCUT2D eigenvalue weighted by Gasteiger charge is -2.30. The van der Waals surface area contributed by atoms with Gasteiger partial charge in [0, 0.05) is 12.6 Å². The molecule has 0 unspecified atom stereocenters. The van der Waals surface area contributed by atoms with Crippen LogP contribution in [0.4, 0.5) is 13.2 Å². The fraction of sp³-hybridized carbons (Fsp3) is 1.00. The number of rotatable bonds is 4. The second-order valence-electron chi connectivity index (χ2n) is 4.12. The molecular formula is C10H18F3NO. The summed E-state index contributed by atoms with van der Waals surface area (Å²) in [5.41, 5.74) is 0. The quantitative estimate of drug-likeness (QED) is 0.718. The molecule has 0 aromatic carbocycles. The maximum Gasteiger partial charge on any atom is 0.391 e. The Hall–Kier alpha value is -0.290. The number of hydrogen-bond acceptors (Lipinski definition) is 2. The molecule has 5 heteroatoms. The summed E-state index contributed by atoms with van der Waals surface area (Å²) < 4.78 is 37.0. The molecule has 2 nitrogen and oxygen atoms in total. The zero-order valence-electron chi connectivity index (χ0n) is 8.69. The van der Waals surface area contributed by atoms with Gasteiger partial charge in [0.2, 0.25) is 0 Å². The Morgan fingerprint density at radius 3 is 2.20 bits per heavy atom. The molecule has 0 aromatic heterocycles. The molecule has 0 aromatic rings. The summed E-state index contributed by atoms with van der Waals surface area (Å²) in [5.74, 6) is -1.10. The molecule has 0 aliphatic heterocycles. The number of hydrogen-bond donors (Lipinski definition) is 2. The maximum absolute atomic E-state index is 12.3. The van der Waals surface area contributed by atoms with Crippen LogP contribution in [0.2, 0.25) is 0 Å². The minimum Gasteiger partial charge on any atom is -0.396 e. The van der Waals surface area contributed by atoms with Crippen molar-refractivity contribution in [3.05, 3.63) is 0 Å². The van der Waals surface area contributed by atoms with E-state index in [1.807, 2.05) is 0 Å². The van der Waals surface area contributed by atoms with Crippen LogP contribution in [0, 0.1) is 5.92 Å². The molecule has 0 spiro atoms. The molecule has 1 fully saturated rings. The fourth-order valence-corrected chi connectivity index (χ4v) is 2.01. The highest BCUT2D eigenvalue weighted by Crippen LogP contribution is 2.37. The van der Waals surface area contributed by atoms with Gasteiger partial charge in [-0.3, -0.25) is 0 Å². The first-order valence-corrected chi connectivity index (χ1v) is 5.45. The molecule has 1 saturated carbocycles. The summed E-state index contributed by atoms with van der Waals surface area (Å²) in [6.45, 7) is 0.822. The summed E-state index contributed by atoms with van der Waals surface area (Å²) in [4.78, 5) is 0. The van der Waals surface area contributed by atoms with E-state index in [-0.39, 0.29) is 25.5 Å². The van der Waals surface area contributed by atoms with Crippen LogP contribution < -0.4 is 5.32 Å². The molecule has 1 aliphatic carbocycles. The van der Waals surface area contributed by atoms with E-state index >= 15 is 0 Å². The first kappa shape index (κ1) is 12.8. The third kappa shape index (κ3) is 4.38. The number of halogens is 3. The Bertz CT molecular complexity index is 176. The van der Waals surface area contributed by atoms with Gasteiger partial charge in [-0.25, -0.2) is 0 Å². The average molecular weight is 225 g/mol. The van der Waals surface area contributed by atoms with E-state index in [1.165, 1.54) is 0 Å². The Labute approximate surface area is 87.9 Å². The minimum absolute atomic E-state index is 0.130. The standard InChI is InChI=1S/C10H18F3NO/c11-10(12,13)8-2-4-9(5-3-8)14-6-1-7-15/h8-9,14-15H,1-7H2. The number of aliphatic hydroxyl groups is 1. The molecule has 90 valence electrons. The van der Waals surface area contributed by atoms with Crippen LogP contribution >= 0.6 is 0 Å². The van der Waals surface area contributed by atoms with E-state index < -0.39 is 12.1 Å². The maximum atomic E-state index is 12.3. The third-order valence-corrected chi connectivity index (χ3v) is 2.96. The minimum atomic E-state index is -4.02. The topological polar surface area (TPSA) is 32.3 Å². The van der Waals surface area contributed by atoms with E-state index in [4.69, 9.17) is 5.11 Å². The Morgan fingerprint density at radius 1 is 1.13 bits per heavy atom. The third-order valence-electron chi connectivity index (χ3n) is 2.96. The van der Waals surface area contributed by atoms with E-state index in [9.17, 15) is 13.2 Å². The van der Waals surface area contributed by atoms with Crippen molar-refractivity contribution in [1.82, 2.24) is 5.32 Å². The van der Waals surface area contributed by atoms with Gasteiger partial charge in [-0.05, 0) is 38.6 Å². The molecule has 0 saturated heterocycles. The van der Waals surface area contributed by atoms with Crippen molar-refractivity contribution in [2.24, 2.45) is 5.92 Å². The Morgan fingerprint density at radius 2 is 1.73 bits per heavy atom. The first-order valence-electron chi connectivity index (χ1n) is 5.45. The van der Waals surface area contributed by atoms with Crippen molar-refractivity contribution in [3.63, 3.8) is 0 Å². The summed E-state index contributed by atoms with van der Waals surface area (Å²) in [6, 6.07) is 0.204. The Kier molecular flexibility index (Phi) is 4.86. The smallest absolute Gasteiger partial charge is 0.391 e. The lowest BCUT2D eigenvalue weighted by atomic mass is 9.85.